The average molecular weight is 206 g/mol. The van der Waals surface area contributed by atoms with Crippen molar-refractivity contribution in [3.63, 3.8) is 0 Å². The van der Waals surface area contributed by atoms with Gasteiger partial charge in [0.05, 0.1) is 6.10 Å². The third-order valence-corrected chi connectivity index (χ3v) is 2.13. The minimum absolute atomic E-state index is 0.525. The Morgan fingerprint density at radius 2 is 2.07 bits per heavy atom. The molecule has 0 spiro atoms. The van der Waals surface area contributed by atoms with Crippen molar-refractivity contribution in [2.24, 2.45) is 0 Å². The number of rotatable bonds is 4. The minimum Gasteiger partial charge on any atom is -0.344 e. The Hall–Kier alpha value is -0.480. The van der Waals surface area contributed by atoms with Gasteiger partial charge in [-0.05, 0) is 26.7 Å². The highest BCUT2D eigenvalue weighted by atomic mass is 19.3. The molecule has 0 amide bonds. The van der Waals surface area contributed by atoms with Gasteiger partial charge in [0.25, 0.3) is 6.43 Å². The summed E-state index contributed by atoms with van der Waals surface area (Å²) in [6.45, 7) is 6.84. The van der Waals surface area contributed by atoms with Gasteiger partial charge in [-0.25, -0.2) is 8.78 Å². The van der Waals surface area contributed by atoms with Crippen molar-refractivity contribution in [3.8, 4) is 0 Å². The average Bonchev–Trinajstić information content (AvgIpc) is 2.38. The fourth-order valence-corrected chi connectivity index (χ4v) is 1.58. The maximum Gasteiger partial charge on any atom is 0.267 e. The molecule has 1 rings (SSSR count). The molecule has 14 heavy (non-hydrogen) atoms. The molecule has 2 nitrogen and oxygen atoms in total. The summed E-state index contributed by atoms with van der Waals surface area (Å²) in [6, 6.07) is 0. The van der Waals surface area contributed by atoms with E-state index >= 15 is 0 Å². The maximum atomic E-state index is 12.5. The largest absolute Gasteiger partial charge is 0.344 e. The van der Waals surface area contributed by atoms with Crippen LogP contribution in [0.25, 0.3) is 0 Å². The van der Waals surface area contributed by atoms with Crippen LogP contribution in [-0.2, 0) is 9.47 Å². The van der Waals surface area contributed by atoms with Crippen LogP contribution >= 0.6 is 0 Å². The van der Waals surface area contributed by atoms with Crippen LogP contribution in [-0.4, -0.2) is 24.4 Å². The Bertz CT molecular complexity index is 204. The number of halogens is 2. The molecule has 2 atom stereocenters. The zero-order chi connectivity index (χ0) is 10.8. The van der Waals surface area contributed by atoms with Crippen molar-refractivity contribution in [1.29, 1.82) is 0 Å². The van der Waals surface area contributed by atoms with Crippen LogP contribution in [0.5, 0.6) is 0 Å². The van der Waals surface area contributed by atoms with Crippen molar-refractivity contribution in [2.45, 2.75) is 51.1 Å². The summed E-state index contributed by atoms with van der Waals surface area (Å²) in [5, 5.41) is 0. The number of allylic oxidation sites excluding steroid dienone is 1. The van der Waals surface area contributed by atoms with Crippen LogP contribution in [0.2, 0.25) is 0 Å². The molecule has 0 unspecified atom stereocenters. The molecule has 0 N–H and O–H groups in total. The lowest BCUT2D eigenvalue weighted by Gasteiger charge is -2.16. The molecule has 0 radical (unpaired) electrons. The van der Waals surface area contributed by atoms with Gasteiger partial charge >= 0.3 is 0 Å². The lowest BCUT2D eigenvalue weighted by Crippen LogP contribution is -2.29. The van der Waals surface area contributed by atoms with Gasteiger partial charge in [0.2, 0.25) is 0 Å². The van der Waals surface area contributed by atoms with Gasteiger partial charge in [-0.2, -0.15) is 0 Å². The highest BCUT2D eigenvalue weighted by Crippen LogP contribution is 2.33. The monoisotopic (exact) mass is 206 g/mol. The van der Waals surface area contributed by atoms with Gasteiger partial charge in [0.15, 0.2) is 5.79 Å². The van der Waals surface area contributed by atoms with E-state index in [1.165, 1.54) is 0 Å². The van der Waals surface area contributed by atoms with Crippen molar-refractivity contribution >= 4 is 0 Å². The summed E-state index contributed by atoms with van der Waals surface area (Å²) < 4.78 is 35.5. The number of hydrogen-bond acceptors (Lipinski definition) is 2. The quantitative estimate of drug-likeness (QED) is 0.658. The highest BCUT2D eigenvalue weighted by molar-refractivity contribution is 4.84. The van der Waals surface area contributed by atoms with E-state index in [2.05, 4.69) is 6.58 Å². The number of hydrogen-bond donors (Lipinski definition) is 0. The second kappa shape index (κ2) is 4.36. The molecule has 1 aliphatic heterocycles. The normalized spacial score (nSPS) is 30.9. The molecule has 1 heterocycles. The molecule has 0 bridgehead atoms. The zero-order valence-electron chi connectivity index (χ0n) is 8.50. The maximum absolute atomic E-state index is 12.5. The molecular weight excluding hydrogens is 190 g/mol. The SMILES string of the molecule is C=CCC[C@@H]1OC(C)(C)O[C@@H]1C(F)F. The molecule has 1 saturated heterocycles. The Kier molecular flexibility index (Phi) is 3.61. The van der Waals surface area contributed by atoms with Crippen LogP contribution in [0.1, 0.15) is 26.7 Å². The molecule has 0 aromatic rings. The first-order valence-corrected chi connectivity index (χ1v) is 4.71. The Labute approximate surface area is 82.9 Å². The molecule has 0 aliphatic carbocycles. The molecule has 4 heteroatoms. The highest BCUT2D eigenvalue weighted by Gasteiger charge is 2.45. The fourth-order valence-electron chi connectivity index (χ4n) is 1.58. The summed E-state index contributed by atoms with van der Waals surface area (Å²) in [6.07, 6.45) is -1.24. The smallest absolute Gasteiger partial charge is 0.267 e. The van der Waals surface area contributed by atoms with Crippen LogP contribution in [0.15, 0.2) is 12.7 Å². The van der Waals surface area contributed by atoms with E-state index in [0.29, 0.717) is 12.8 Å². The predicted octanol–water partition coefficient (Wildman–Crippen LogP) is 2.74. The van der Waals surface area contributed by atoms with Crippen LogP contribution in [0.3, 0.4) is 0 Å². The topological polar surface area (TPSA) is 18.5 Å². The van der Waals surface area contributed by atoms with E-state index in [1.54, 1.807) is 19.9 Å². The number of ether oxygens (including phenoxy) is 2. The molecule has 0 saturated carbocycles. The van der Waals surface area contributed by atoms with Crippen LogP contribution in [0.4, 0.5) is 8.78 Å². The van der Waals surface area contributed by atoms with E-state index in [1.807, 2.05) is 0 Å². The lowest BCUT2D eigenvalue weighted by molar-refractivity contribution is -0.158. The standard InChI is InChI=1S/C10H16F2O2/c1-4-5-6-7-8(9(11)12)14-10(2,3)13-7/h4,7-9H,1,5-6H2,2-3H3/t7-,8-/m0/s1. The third-order valence-electron chi connectivity index (χ3n) is 2.13. The van der Waals surface area contributed by atoms with Gasteiger partial charge in [0.1, 0.15) is 6.10 Å². The summed E-state index contributed by atoms with van der Waals surface area (Å²) in [5.41, 5.74) is 0. The first kappa shape index (κ1) is 11.6. The van der Waals surface area contributed by atoms with Crippen LogP contribution < -0.4 is 0 Å². The fraction of sp³-hybridized carbons (Fsp3) is 0.800. The van der Waals surface area contributed by atoms with E-state index < -0.39 is 24.4 Å². The minimum atomic E-state index is -2.49. The van der Waals surface area contributed by atoms with Gasteiger partial charge in [-0.3, -0.25) is 0 Å². The first-order chi connectivity index (χ1) is 6.46. The van der Waals surface area contributed by atoms with Crippen molar-refractivity contribution in [3.05, 3.63) is 12.7 Å². The van der Waals surface area contributed by atoms with E-state index in [9.17, 15) is 8.78 Å². The van der Waals surface area contributed by atoms with E-state index in [4.69, 9.17) is 9.47 Å². The Morgan fingerprint density at radius 3 is 2.57 bits per heavy atom. The number of alkyl halides is 2. The van der Waals surface area contributed by atoms with Crippen LogP contribution in [0, 0.1) is 0 Å². The Balaban J connectivity index is 2.58. The first-order valence-electron chi connectivity index (χ1n) is 4.71. The summed E-state index contributed by atoms with van der Waals surface area (Å²) >= 11 is 0. The Morgan fingerprint density at radius 1 is 1.43 bits per heavy atom. The van der Waals surface area contributed by atoms with E-state index in [0.717, 1.165) is 0 Å². The molecule has 1 aliphatic rings. The van der Waals surface area contributed by atoms with Crippen molar-refractivity contribution < 1.29 is 18.3 Å². The third kappa shape index (κ3) is 2.75. The van der Waals surface area contributed by atoms with Crippen molar-refractivity contribution in [1.82, 2.24) is 0 Å². The predicted molar refractivity (Wildman–Crippen MR) is 49.3 cm³/mol. The van der Waals surface area contributed by atoms with Gasteiger partial charge in [-0.15, -0.1) is 6.58 Å². The molecule has 82 valence electrons. The van der Waals surface area contributed by atoms with Crippen molar-refractivity contribution in [2.75, 3.05) is 0 Å². The molecular formula is C10H16F2O2. The second-order valence-electron chi connectivity index (χ2n) is 3.84. The molecule has 0 aromatic heterocycles. The lowest BCUT2D eigenvalue weighted by atomic mass is 10.1. The molecule has 0 aromatic carbocycles. The van der Waals surface area contributed by atoms with Gasteiger partial charge in [0, 0.05) is 0 Å². The summed E-state index contributed by atoms with van der Waals surface area (Å²) in [5.74, 6) is -0.896. The molecule has 1 fully saturated rings. The van der Waals surface area contributed by atoms with E-state index in [-0.39, 0.29) is 0 Å². The zero-order valence-corrected chi connectivity index (χ0v) is 8.50. The van der Waals surface area contributed by atoms with Gasteiger partial charge < -0.3 is 9.47 Å². The van der Waals surface area contributed by atoms with Gasteiger partial charge in [-0.1, -0.05) is 6.08 Å². The second-order valence-corrected chi connectivity index (χ2v) is 3.84. The summed E-state index contributed by atoms with van der Waals surface area (Å²) in [4.78, 5) is 0. The summed E-state index contributed by atoms with van der Waals surface area (Å²) in [7, 11) is 0.